The van der Waals surface area contributed by atoms with E-state index in [1.54, 1.807) is 54.6 Å². The fourth-order valence-corrected chi connectivity index (χ4v) is 3.05. The van der Waals surface area contributed by atoms with E-state index in [4.69, 9.17) is 9.15 Å². The molecule has 3 aromatic rings. The zero-order valence-corrected chi connectivity index (χ0v) is 16.2. The average molecular weight is 420 g/mol. The lowest BCUT2D eigenvalue weighted by molar-refractivity contribution is -0.130. The van der Waals surface area contributed by atoms with Crippen molar-refractivity contribution < 1.29 is 27.9 Å². The number of urea groups is 1. The van der Waals surface area contributed by atoms with Gasteiger partial charge in [0, 0.05) is 11.1 Å². The van der Waals surface area contributed by atoms with Gasteiger partial charge >= 0.3 is 6.03 Å². The topological polar surface area (TPSA) is 88.9 Å². The van der Waals surface area contributed by atoms with Crippen molar-refractivity contribution in [1.82, 2.24) is 10.2 Å². The highest BCUT2D eigenvalue weighted by molar-refractivity contribution is 6.31. The van der Waals surface area contributed by atoms with Crippen molar-refractivity contribution in [2.75, 3.05) is 0 Å². The van der Waals surface area contributed by atoms with Crippen LogP contribution in [-0.4, -0.2) is 22.7 Å². The quantitative estimate of drug-likeness (QED) is 0.486. The van der Waals surface area contributed by atoms with Crippen molar-refractivity contribution in [2.45, 2.75) is 13.2 Å². The number of nitrogens with zero attached hydrogens (tertiary/aromatic N) is 1. The number of ether oxygens (including phenoxy) is 1. The number of hydrogen-bond acceptors (Lipinski definition) is 5. The predicted octanol–water partition coefficient (Wildman–Crippen LogP) is 3.66. The van der Waals surface area contributed by atoms with E-state index in [9.17, 15) is 18.8 Å². The SMILES string of the molecule is O=C1NC(=O)N(Cc2ccco2)C(=O)C1=Cc1ccccc1OCc1ccccc1F. The molecule has 1 fully saturated rings. The number of para-hydroxylation sites is 1. The van der Waals surface area contributed by atoms with Gasteiger partial charge < -0.3 is 9.15 Å². The van der Waals surface area contributed by atoms with Gasteiger partial charge in [0.15, 0.2) is 0 Å². The summed E-state index contributed by atoms with van der Waals surface area (Å²) in [6.07, 6.45) is 2.77. The number of furan rings is 1. The second-order valence-corrected chi connectivity index (χ2v) is 6.71. The largest absolute Gasteiger partial charge is 0.488 e. The van der Waals surface area contributed by atoms with E-state index in [1.165, 1.54) is 18.4 Å². The normalized spacial score (nSPS) is 15.3. The summed E-state index contributed by atoms with van der Waals surface area (Å²) in [5, 5.41) is 2.15. The summed E-state index contributed by atoms with van der Waals surface area (Å²) in [4.78, 5) is 38.2. The Balaban J connectivity index is 1.59. The molecule has 0 aliphatic carbocycles. The molecule has 1 N–H and O–H groups in total. The molecular formula is C23H17FN2O5. The number of amides is 4. The third-order valence-corrected chi connectivity index (χ3v) is 4.64. The van der Waals surface area contributed by atoms with Gasteiger partial charge in [-0.25, -0.2) is 9.18 Å². The summed E-state index contributed by atoms with van der Waals surface area (Å²) in [6.45, 7) is -0.149. The van der Waals surface area contributed by atoms with Gasteiger partial charge in [-0.1, -0.05) is 36.4 Å². The molecule has 7 nitrogen and oxygen atoms in total. The summed E-state index contributed by atoms with van der Waals surface area (Å²) in [6, 6.07) is 15.4. The van der Waals surface area contributed by atoms with Crippen molar-refractivity contribution in [2.24, 2.45) is 0 Å². The number of nitrogens with one attached hydrogen (secondary N) is 1. The maximum Gasteiger partial charge on any atom is 0.331 e. The number of hydrogen-bond donors (Lipinski definition) is 1. The van der Waals surface area contributed by atoms with Gasteiger partial charge in [0.05, 0.1) is 12.8 Å². The third kappa shape index (κ3) is 4.37. The second kappa shape index (κ2) is 8.66. The molecule has 0 atom stereocenters. The van der Waals surface area contributed by atoms with E-state index >= 15 is 0 Å². The Morgan fingerprint density at radius 2 is 1.77 bits per heavy atom. The van der Waals surface area contributed by atoms with Crippen LogP contribution < -0.4 is 10.1 Å². The number of halogens is 1. The Morgan fingerprint density at radius 3 is 2.55 bits per heavy atom. The lowest BCUT2D eigenvalue weighted by atomic mass is 10.1. The van der Waals surface area contributed by atoms with E-state index in [2.05, 4.69) is 5.32 Å². The van der Waals surface area contributed by atoms with Gasteiger partial charge in [-0.3, -0.25) is 19.8 Å². The van der Waals surface area contributed by atoms with Gasteiger partial charge in [0.2, 0.25) is 0 Å². The van der Waals surface area contributed by atoms with Crippen LogP contribution in [0.4, 0.5) is 9.18 Å². The molecule has 2 heterocycles. The van der Waals surface area contributed by atoms with Crippen molar-refractivity contribution in [3.8, 4) is 5.75 Å². The zero-order valence-electron chi connectivity index (χ0n) is 16.2. The Hall–Kier alpha value is -4.20. The van der Waals surface area contributed by atoms with Crippen molar-refractivity contribution >= 4 is 23.9 Å². The van der Waals surface area contributed by atoms with Gasteiger partial charge in [-0.15, -0.1) is 0 Å². The summed E-state index contributed by atoms with van der Waals surface area (Å²) < 4.78 is 24.8. The highest BCUT2D eigenvalue weighted by Gasteiger charge is 2.36. The lowest BCUT2D eigenvalue weighted by Crippen LogP contribution is -2.53. The summed E-state index contributed by atoms with van der Waals surface area (Å²) >= 11 is 0. The van der Waals surface area contributed by atoms with Gasteiger partial charge in [0.1, 0.15) is 29.5 Å². The zero-order chi connectivity index (χ0) is 21.8. The summed E-state index contributed by atoms with van der Waals surface area (Å²) in [5.74, 6) is -1.21. The molecule has 4 amide bonds. The highest BCUT2D eigenvalue weighted by Crippen LogP contribution is 2.25. The standard InChI is InChI=1S/C23H17FN2O5/c24-19-9-3-1-7-16(19)14-31-20-10-4-2-6-15(20)12-18-21(27)25-23(29)26(22(18)28)13-17-8-5-11-30-17/h1-12H,13-14H2,(H,25,27,29). The first kappa shape index (κ1) is 20.1. The van der Waals surface area contributed by atoms with E-state index in [-0.39, 0.29) is 18.7 Å². The second-order valence-electron chi connectivity index (χ2n) is 6.71. The molecule has 1 aliphatic heterocycles. The smallest absolute Gasteiger partial charge is 0.331 e. The Kier molecular flexibility index (Phi) is 5.61. The molecule has 0 saturated carbocycles. The van der Waals surface area contributed by atoms with Crippen molar-refractivity contribution in [3.63, 3.8) is 0 Å². The minimum atomic E-state index is -0.826. The van der Waals surface area contributed by atoms with Crippen molar-refractivity contribution in [3.05, 3.63) is 95.2 Å². The molecule has 31 heavy (non-hydrogen) atoms. The van der Waals surface area contributed by atoms with Crippen LogP contribution >= 0.6 is 0 Å². The molecule has 0 radical (unpaired) electrons. The van der Waals surface area contributed by atoms with Gasteiger partial charge in [0.25, 0.3) is 11.8 Å². The minimum absolute atomic E-state index is 0.0316. The lowest BCUT2D eigenvalue weighted by Gasteiger charge is -2.25. The fourth-order valence-electron chi connectivity index (χ4n) is 3.05. The van der Waals surface area contributed by atoms with E-state index in [0.717, 1.165) is 4.90 Å². The van der Waals surface area contributed by atoms with Gasteiger partial charge in [-0.05, 0) is 30.3 Å². The maximum atomic E-state index is 13.9. The number of carbonyl (C=O) groups excluding carboxylic acids is 3. The molecule has 2 aromatic carbocycles. The monoisotopic (exact) mass is 420 g/mol. The molecule has 0 bridgehead atoms. The molecule has 8 heteroatoms. The molecule has 0 unspecified atom stereocenters. The minimum Gasteiger partial charge on any atom is -0.488 e. The Morgan fingerprint density at radius 1 is 1.00 bits per heavy atom. The van der Waals surface area contributed by atoms with E-state index < -0.39 is 23.7 Å². The maximum absolute atomic E-state index is 13.9. The molecular weight excluding hydrogens is 403 g/mol. The molecule has 1 aliphatic rings. The third-order valence-electron chi connectivity index (χ3n) is 4.64. The fraction of sp³-hybridized carbons (Fsp3) is 0.0870. The van der Waals surface area contributed by atoms with Crippen LogP contribution in [0.5, 0.6) is 5.75 Å². The highest BCUT2D eigenvalue weighted by atomic mass is 19.1. The van der Waals surface area contributed by atoms with Crippen LogP contribution in [0.1, 0.15) is 16.9 Å². The molecule has 4 rings (SSSR count). The van der Waals surface area contributed by atoms with Crippen molar-refractivity contribution in [1.29, 1.82) is 0 Å². The molecule has 1 aromatic heterocycles. The Bertz CT molecular complexity index is 1170. The number of benzene rings is 2. The molecule has 0 spiro atoms. The van der Waals surface area contributed by atoms with Crippen LogP contribution in [0.3, 0.4) is 0 Å². The first-order chi connectivity index (χ1) is 15.0. The van der Waals surface area contributed by atoms with Crippen LogP contribution in [0.25, 0.3) is 6.08 Å². The number of rotatable bonds is 6. The predicted molar refractivity (Wildman–Crippen MR) is 108 cm³/mol. The molecule has 1 saturated heterocycles. The Labute approximate surface area is 176 Å². The van der Waals surface area contributed by atoms with Crippen LogP contribution in [0, 0.1) is 5.82 Å². The van der Waals surface area contributed by atoms with E-state index in [1.807, 2.05) is 0 Å². The first-order valence-electron chi connectivity index (χ1n) is 9.39. The van der Waals surface area contributed by atoms with Crippen LogP contribution in [-0.2, 0) is 22.7 Å². The number of carbonyl (C=O) groups is 3. The van der Waals surface area contributed by atoms with Gasteiger partial charge in [-0.2, -0.15) is 0 Å². The molecule has 156 valence electrons. The van der Waals surface area contributed by atoms with Crippen LogP contribution in [0.2, 0.25) is 0 Å². The number of imide groups is 2. The number of barbiturate groups is 1. The van der Waals surface area contributed by atoms with E-state index in [0.29, 0.717) is 22.6 Å². The summed E-state index contributed by atoms with van der Waals surface area (Å²) in [5.41, 5.74) is 0.574. The first-order valence-corrected chi connectivity index (χ1v) is 9.39. The summed E-state index contributed by atoms with van der Waals surface area (Å²) in [7, 11) is 0. The van der Waals surface area contributed by atoms with Crippen LogP contribution in [0.15, 0.2) is 76.9 Å². The average Bonchev–Trinajstić information content (AvgIpc) is 3.28.